The average molecular weight is 426 g/mol. The van der Waals surface area contributed by atoms with Gasteiger partial charge in [0.1, 0.15) is 12.0 Å². The Balaban J connectivity index is 1.62. The van der Waals surface area contributed by atoms with Crippen LogP contribution in [0.1, 0.15) is 17.5 Å². The van der Waals surface area contributed by atoms with E-state index >= 15 is 0 Å². The third-order valence-corrected chi connectivity index (χ3v) is 6.04. The van der Waals surface area contributed by atoms with Gasteiger partial charge in [0.15, 0.2) is 5.82 Å². The topological polar surface area (TPSA) is 95.0 Å². The Morgan fingerprint density at radius 1 is 1.19 bits per heavy atom. The second kappa shape index (κ2) is 7.73. The average Bonchev–Trinajstić information content (AvgIpc) is 3.50. The van der Waals surface area contributed by atoms with E-state index in [2.05, 4.69) is 62.0 Å². The molecule has 0 bridgehead atoms. The summed E-state index contributed by atoms with van der Waals surface area (Å²) in [5.74, 6) is 0.717. The van der Waals surface area contributed by atoms with Crippen molar-refractivity contribution in [2.75, 3.05) is 0 Å². The normalized spacial score (nSPS) is 12.4. The molecular weight excluding hydrogens is 406 g/mol. The summed E-state index contributed by atoms with van der Waals surface area (Å²) in [6.45, 7) is 7.45. The highest BCUT2D eigenvalue weighted by atomic mass is 32.1. The van der Waals surface area contributed by atoms with E-state index in [0.717, 1.165) is 50.3 Å². The molecule has 5 rings (SSSR count). The monoisotopic (exact) mass is 425 g/mol. The van der Waals surface area contributed by atoms with Crippen LogP contribution in [-0.4, -0.2) is 38.2 Å². The van der Waals surface area contributed by atoms with Crippen LogP contribution in [0.25, 0.3) is 49.5 Å². The summed E-state index contributed by atoms with van der Waals surface area (Å²) in [7, 11) is 0. The van der Waals surface area contributed by atoms with Gasteiger partial charge in [0.2, 0.25) is 0 Å². The molecule has 8 heteroatoms. The fourth-order valence-electron chi connectivity index (χ4n) is 3.49. The van der Waals surface area contributed by atoms with Crippen LogP contribution in [0.15, 0.2) is 58.8 Å². The third-order valence-electron chi connectivity index (χ3n) is 5.01. The van der Waals surface area contributed by atoms with E-state index in [-0.39, 0.29) is 0 Å². The van der Waals surface area contributed by atoms with E-state index in [4.69, 9.17) is 4.98 Å². The number of thiophene rings is 1. The quantitative estimate of drug-likeness (QED) is 0.282. The Hall–Kier alpha value is -3.91. The molecule has 0 spiro atoms. The van der Waals surface area contributed by atoms with Gasteiger partial charge >= 0.3 is 0 Å². The van der Waals surface area contributed by atoms with Crippen molar-refractivity contribution in [2.24, 2.45) is 9.98 Å². The number of allylic oxidation sites excluding steroid dienone is 1. The fourth-order valence-corrected chi connectivity index (χ4v) is 4.39. The SMILES string of the molecule is C=N/C=N\C=C(/C)c1cc2c(-c3nc4c(-c5ccc(C)s5)cccc4[nH]3)n[nH]c2cn1. The maximum absolute atomic E-state index is 4.92. The smallest absolute Gasteiger partial charge is 0.159 e. The molecule has 7 nitrogen and oxygen atoms in total. The van der Waals surface area contributed by atoms with Gasteiger partial charge in [-0.25, -0.2) is 9.98 Å². The zero-order valence-corrected chi connectivity index (χ0v) is 17.9. The molecule has 31 heavy (non-hydrogen) atoms. The molecule has 152 valence electrons. The molecule has 0 amide bonds. The van der Waals surface area contributed by atoms with Crippen molar-refractivity contribution in [3.63, 3.8) is 0 Å². The Bertz CT molecular complexity index is 1480. The van der Waals surface area contributed by atoms with Crippen molar-refractivity contribution in [3.8, 4) is 22.0 Å². The molecule has 2 N–H and O–H groups in total. The van der Waals surface area contributed by atoms with E-state index < -0.39 is 0 Å². The van der Waals surface area contributed by atoms with E-state index in [1.165, 1.54) is 16.1 Å². The molecule has 0 aliphatic heterocycles. The van der Waals surface area contributed by atoms with E-state index in [1.54, 1.807) is 23.7 Å². The molecule has 5 aromatic rings. The lowest BCUT2D eigenvalue weighted by Crippen LogP contribution is -1.87. The van der Waals surface area contributed by atoms with Crippen LogP contribution in [-0.2, 0) is 0 Å². The predicted molar refractivity (Wildman–Crippen MR) is 129 cm³/mol. The first-order valence-corrected chi connectivity index (χ1v) is 10.5. The van der Waals surface area contributed by atoms with Crippen molar-refractivity contribution in [1.29, 1.82) is 0 Å². The number of aromatic amines is 2. The number of nitrogens with zero attached hydrogens (tertiary/aromatic N) is 5. The Morgan fingerprint density at radius 2 is 2.10 bits per heavy atom. The van der Waals surface area contributed by atoms with Crippen LogP contribution in [0.2, 0.25) is 0 Å². The van der Waals surface area contributed by atoms with Crippen LogP contribution in [0.5, 0.6) is 0 Å². The van der Waals surface area contributed by atoms with Crippen LogP contribution in [0.4, 0.5) is 0 Å². The molecule has 0 radical (unpaired) electrons. The summed E-state index contributed by atoms with van der Waals surface area (Å²) < 4.78 is 0. The number of H-pyrrole nitrogens is 2. The predicted octanol–water partition coefficient (Wildman–Crippen LogP) is 5.63. The first kappa shape index (κ1) is 19.1. The number of imidazole rings is 1. The second-order valence-corrected chi connectivity index (χ2v) is 8.43. The minimum atomic E-state index is 0.717. The number of rotatable bonds is 5. The van der Waals surface area contributed by atoms with Crippen molar-refractivity contribution in [3.05, 3.63) is 59.4 Å². The number of hydrogen-bond acceptors (Lipinski definition) is 5. The van der Waals surface area contributed by atoms with Crippen molar-refractivity contribution in [2.45, 2.75) is 13.8 Å². The van der Waals surface area contributed by atoms with Crippen LogP contribution >= 0.6 is 11.3 Å². The molecule has 4 aromatic heterocycles. The lowest BCUT2D eigenvalue weighted by atomic mass is 10.1. The number of pyridine rings is 1. The molecule has 0 fully saturated rings. The number of aromatic nitrogens is 5. The summed E-state index contributed by atoms with van der Waals surface area (Å²) in [5.41, 5.74) is 6.35. The number of fused-ring (bicyclic) bond motifs is 2. The van der Waals surface area contributed by atoms with Gasteiger partial charge in [-0.15, -0.1) is 11.3 Å². The number of hydrogen-bond donors (Lipinski definition) is 2. The van der Waals surface area contributed by atoms with Crippen molar-refractivity contribution in [1.82, 2.24) is 25.1 Å². The standard InChI is InChI=1S/C23H19N7S/c1-13(10-25-12-24-3)18-9-16-19(11-26-18)29-30-22(16)23-27-17-6-4-5-15(21(17)28-23)20-8-7-14(2)31-20/h4-12H,3H2,1-2H3,(H,27,28)(H,29,30)/b13-10+,25-12-. The molecule has 0 unspecified atom stereocenters. The number of benzene rings is 1. The van der Waals surface area contributed by atoms with E-state index in [9.17, 15) is 0 Å². The number of nitrogens with one attached hydrogen (secondary N) is 2. The van der Waals surface area contributed by atoms with E-state index in [0.29, 0.717) is 0 Å². The van der Waals surface area contributed by atoms with Crippen molar-refractivity contribution < 1.29 is 0 Å². The molecule has 0 atom stereocenters. The molecule has 0 aliphatic rings. The van der Waals surface area contributed by atoms with Gasteiger partial charge in [-0.3, -0.25) is 15.1 Å². The minimum absolute atomic E-state index is 0.717. The number of aliphatic imine (C=N–C) groups is 2. The zero-order chi connectivity index (χ0) is 21.4. The van der Waals surface area contributed by atoms with Gasteiger partial charge < -0.3 is 4.98 Å². The van der Waals surface area contributed by atoms with Gasteiger partial charge in [0.05, 0.1) is 28.4 Å². The first-order valence-electron chi connectivity index (χ1n) is 9.68. The summed E-state index contributed by atoms with van der Waals surface area (Å²) in [4.78, 5) is 23.0. The van der Waals surface area contributed by atoms with Gasteiger partial charge in [-0.05, 0) is 50.4 Å². The highest BCUT2D eigenvalue weighted by Crippen LogP contribution is 2.34. The van der Waals surface area contributed by atoms with Gasteiger partial charge in [-0.1, -0.05) is 12.1 Å². The minimum Gasteiger partial charge on any atom is -0.337 e. The summed E-state index contributed by atoms with van der Waals surface area (Å²) in [6.07, 6.45) is 4.88. The first-order chi connectivity index (χ1) is 15.1. The third kappa shape index (κ3) is 3.47. The van der Waals surface area contributed by atoms with Crippen LogP contribution in [0, 0.1) is 6.92 Å². The van der Waals surface area contributed by atoms with Crippen molar-refractivity contribution >= 4 is 51.9 Å². The summed E-state index contributed by atoms with van der Waals surface area (Å²) in [5, 5.41) is 8.51. The Labute approximate surface area is 182 Å². The van der Waals surface area contributed by atoms with E-state index in [1.807, 2.05) is 25.1 Å². The number of aryl methyl sites for hydroxylation is 1. The molecule has 1 aromatic carbocycles. The van der Waals surface area contributed by atoms with Crippen LogP contribution < -0.4 is 0 Å². The molecule has 0 saturated heterocycles. The van der Waals surface area contributed by atoms with Crippen LogP contribution in [0.3, 0.4) is 0 Å². The van der Waals surface area contributed by atoms with Gasteiger partial charge in [0.25, 0.3) is 0 Å². The Morgan fingerprint density at radius 3 is 2.90 bits per heavy atom. The fraction of sp³-hybridized carbons (Fsp3) is 0.0870. The second-order valence-electron chi connectivity index (χ2n) is 7.14. The van der Waals surface area contributed by atoms with Gasteiger partial charge in [-0.2, -0.15) is 5.10 Å². The Kier molecular flexibility index (Phi) is 4.76. The summed E-state index contributed by atoms with van der Waals surface area (Å²) in [6, 6.07) is 12.5. The maximum atomic E-state index is 4.92. The highest BCUT2D eigenvalue weighted by Gasteiger charge is 2.16. The molecule has 0 saturated carbocycles. The number of para-hydroxylation sites is 1. The molecular formula is C23H19N7S. The lowest BCUT2D eigenvalue weighted by Gasteiger charge is -2.00. The summed E-state index contributed by atoms with van der Waals surface area (Å²) >= 11 is 1.77. The maximum Gasteiger partial charge on any atom is 0.159 e. The molecule has 4 heterocycles. The molecule has 0 aliphatic carbocycles. The highest BCUT2D eigenvalue weighted by molar-refractivity contribution is 7.15. The zero-order valence-electron chi connectivity index (χ0n) is 17.0. The largest absolute Gasteiger partial charge is 0.337 e. The lowest BCUT2D eigenvalue weighted by molar-refractivity contribution is 1.10. The van der Waals surface area contributed by atoms with Gasteiger partial charge in [0, 0.05) is 26.9 Å².